The Morgan fingerprint density at radius 1 is 1.00 bits per heavy atom. The molecule has 0 amide bonds. The number of nitrogens with zero attached hydrogens (tertiary/aromatic N) is 1. The zero-order valence-corrected chi connectivity index (χ0v) is 14.7. The number of hydrogen-bond donors (Lipinski definition) is 1. The highest BCUT2D eigenvalue weighted by Gasteiger charge is 2.54. The highest BCUT2D eigenvalue weighted by atomic mass is 16.1. The fraction of sp³-hybridized carbons (Fsp3) is 0.850. The molecule has 6 rings (SSSR count). The van der Waals surface area contributed by atoms with E-state index in [-0.39, 0.29) is 5.41 Å². The molecule has 126 valence electrons. The summed E-state index contributed by atoms with van der Waals surface area (Å²) in [6.07, 6.45) is 10.4. The summed E-state index contributed by atoms with van der Waals surface area (Å²) < 4.78 is 0. The zero-order chi connectivity index (χ0) is 15.8. The molecule has 0 aromatic carbocycles. The number of carbonyl (C=O) groups excluding carboxylic acids is 1. The minimum absolute atomic E-state index is 0.131. The summed E-state index contributed by atoms with van der Waals surface area (Å²) in [4.78, 5) is 15.4. The fourth-order valence-corrected chi connectivity index (χ4v) is 6.94. The maximum Gasteiger partial charge on any atom is 0.162 e. The Hall–Kier alpha value is -0.830. The van der Waals surface area contributed by atoms with Gasteiger partial charge in [0, 0.05) is 29.8 Å². The van der Waals surface area contributed by atoms with Crippen LogP contribution in [0, 0.1) is 23.2 Å². The maximum absolute atomic E-state index is 12.7. The summed E-state index contributed by atoms with van der Waals surface area (Å²) in [6, 6.07) is 0. The minimum Gasteiger partial charge on any atom is -0.375 e. The van der Waals surface area contributed by atoms with Gasteiger partial charge in [0.1, 0.15) is 0 Å². The van der Waals surface area contributed by atoms with E-state index in [0.717, 1.165) is 49.4 Å². The fourth-order valence-electron chi connectivity index (χ4n) is 6.94. The highest BCUT2D eigenvalue weighted by molar-refractivity contribution is 5.98. The molecule has 1 heterocycles. The first kappa shape index (κ1) is 14.5. The molecule has 23 heavy (non-hydrogen) atoms. The summed E-state index contributed by atoms with van der Waals surface area (Å²) >= 11 is 0. The van der Waals surface area contributed by atoms with Gasteiger partial charge in [0.2, 0.25) is 0 Å². The van der Waals surface area contributed by atoms with Crippen LogP contribution in [0.2, 0.25) is 0 Å². The minimum atomic E-state index is 0.131. The quantitative estimate of drug-likeness (QED) is 0.804. The molecule has 0 radical (unpaired) electrons. The van der Waals surface area contributed by atoms with Gasteiger partial charge in [-0.05, 0) is 68.1 Å². The molecule has 0 saturated heterocycles. The van der Waals surface area contributed by atoms with Crippen molar-refractivity contribution in [3.05, 3.63) is 11.3 Å². The molecular weight excluding hydrogens is 284 g/mol. The molecule has 1 N–H and O–H groups in total. The molecule has 0 spiro atoms. The Morgan fingerprint density at radius 3 is 2.22 bits per heavy atom. The zero-order valence-electron chi connectivity index (χ0n) is 14.7. The molecule has 4 bridgehead atoms. The monoisotopic (exact) mass is 314 g/mol. The summed E-state index contributed by atoms with van der Waals surface area (Å²) in [5, 5.41) is 3.67. The van der Waals surface area contributed by atoms with Gasteiger partial charge in [-0.2, -0.15) is 0 Å². The Morgan fingerprint density at radius 2 is 1.61 bits per heavy atom. The first-order valence-electron chi connectivity index (χ1n) is 9.67. The molecule has 3 nitrogen and oxygen atoms in total. The van der Waals surface area contributed by atoms with E-state index in [9.17, 15) is 4.79 Å². The van der Waals surface area contributed by atoms with Crippen molar-refractivity contribution in [2.75, 3.05) is 13.2 Å². The van der Waals surface area contributed by atoms with Crippen LogP contribution in [0.3, 0.4) is 0 Å². The van der Waals surface area contributed by atoms with Crippen LogP contribution in [0.15, 0.2) is 11.3 Å². The van der Waals surface area contributed by atoms with Gasteiger partial charge in [-0.3, -0.25) is 9.69 Å². The van der Waals surface area contributed by atoms with E-state index >= 15 is 0 Å². The summed E-state index contributed by atoms with van der Waals surface area (Å²) in [7, 11) is 0. The van der Waals surface area contributed by atoms with Crippen molar-refractivity contribution in [3.63, 3.8) is 0 Å². The Bertz CT molecular complexity index is 553. The van der Waals surface area contributed by atoms with Gasteiger partial charge in [-0.15, -0.1) is 0 Å². The van der Waals surface area contributed by atoms with Crippen molar-refractivity contribution in [1.82, 2.24) is 10.2 Å². The third kappa shape index (κ3) is 2.22. The van der Waals surface area contributed by atoms with Gasteiger partial charge in [0.05, 0.1) is 6.67 Å². The lowest BCUT2D eigenvalue weighted by molar-refractivity contribution is -0.120. The van der Waals surface area contributed by atoms with Crippen LogP contribution in [0.25, 0.3) is 0 Å². The average molecular weight is 314 g/mol. The number of hydrogen-bond acceptors (Lipinski definition) is 3. The van der Waals surface area contributed by atoms with E-state index in [4.69, 9.17) is 0 Å². The molecule has 6 aliphatic rings. The Balaban J connectivity index is 1.42. The van der Waals surface area contributed by atoms with Gasteiger partial charge in [0.25, 0.3) is 0 Å². The van der Waals surface area contributed by atoms with Crippen molar-refractivity contribution >= 4 is 5.78 Å². The second-order valence-electron chi connectivity index (χ2n) is 10.1. The van der Waals surface area contributed by atoms with E-state index in [1.807, 2.05) is 0 Å². The van der Waals surface area contributed by atoms with Crippen LogP contribution < -0.4 is 5.32 Å². The molecule has 4 fully saturated rings. The average Bonchev–Trinajstić information content (AvgIpc) is 2.44. The third-order valence-corrected chi connectivity index (χ3v) is 7.50. The number of carbonyl (C=O) groups is 1. The van der Waals surface area contributed by atoms with Crippen LogP contribution in [-0.2, 0) is 4.79 Å². The van der Waals surface area contributed by atoms with Gasteiger partial charge < -0.3 is 5.32 Å². The number of allylic oxidation sites excluding steroid dienone is 1. The lowest BCUT2D eigenvalue weighted by atomic mass is 9.52. The SMILES string of the molecule is CC1(C)CC(=O)C2=C(C1)NCN(C13CC4CC(CC(C4)C1)C3)C2. The molecule has 1 aliphatic heterocycles. The predicted octanol–water partition coefficient (Wildman–Crippen LogP) is 3.46. The molecule has 0 aromatic heterocycles. The van der Waals surface area contributed by atoms with Crippen LogP contribution in [-0.4, -0.2) is 29.4 Å². The smallest absolute Gasteiger partial charge is 0.162 e. The van der Waals surface area contributed by atoms with E-state index in [1.165, 1.54) is 44.2 Å². The van der Waals surface area contributed by atoms with Gasteiger partial charge in [-0.25, -0.2) is 0 Å². The standard InChI is InChI=1S/C20H30N2O/c1-19(2)9-17-16(18(23)10-19)11-22(12-21-17)20-6-13-3-14(7-20)5-15(4-13)8-20/h13-15,21H,3-12H2,1-2H3. The first-order valence-corrected chi connectivity index (χ1v) is 9.67. The largest absolute Gasteiger partial charge is 0.375 e. The summed E-state index contributed by atoms with van der Waals surface area (Å²) in [6.45, 7) is 6.33. The normalized spacial score (nSPS) is 45.1. The van der Waals surface area contributed by atoms with Crippen molar-refractivity contribution in [2.24, 2.45) is 23.2 Å². The lowest BCUT2D eigenvalue weighted by Crippen LogP contribution is -2.63. The van der Waals surface area contributed by atoms with Crippen LogP contribution >= 0.6 is 0 Å². The van der Waals surface area contributed by atoms with Crippen molar-refractivity contribution in [2.45, 2.75) is 70.8 Å². The number of rotatable bonds is 1. The first-order chi connectivity index (χ1) is 10.9. The third-order valence-electron chi connectivity index (χ3n) is 7.50. The van der Waals surface area contributed by atoms with Crippen LogP contribution in [0.5, 0.6) is 0 Å². The number of ketones is 1. The molecule has 3 heteroatoms. The number of nitrogens with one attached hydrogen (secondary N) is 1. The number of Topliss-reactive ketones (excluding diaryl/α,β-unsaturated/α-hetero) is 1. The highest BCUT2D eigenvalue weighted by Crippen LogP contribution is 2.58. The van der Waals surface area contributed by atoms with E-state index in [2.05, 4.69) is 24.1 Å². The molecule has 0 atom stereocenters. The van der Waals surface area contributed by atoms with Crippen molar-refractivity contribution in [3.8, 4) is 0 Å². The molecule has 5 aliphatic carbocycles. The predicted molar refractivity (Wildman–Crippen MR) is 90.7 cm³/mol. The van der Waals surface area contributed by atoms with Crippen molar-refractivity contribution in [1.29, 1.82) is 0 Å². The topological polar surface area (TPSA) is 32.3 Å². The van der Waals surface area contributed by atoms with Crippen LogP contribution in [0.1, 0.15) is 65.2 Å². The van der Waals surface area contributed by atoms with Gasteiger partial charge in [0.15, 0.2) is 5.78 Å². The maximum atomic E-state index is 12.7. The van der Waals surface area contributed by atoms with Gasteiger partial charge >= 0.3 is 0 Å². The second kappa shape index (κ2) is 4.62. The lowest BCUT2D eigenvalue weighted by Gasteiger charge is -2.61. The van der Waals surface area contributed by atoms with E-state index < -0.39 is 0 Å². The van der Waals surface area contributed by atoms with Gasteiger partial charge in [-0.1, -0.05) is 13.8 Å². The molecule has 0 unspecified atom stereocenters. The molecular formula is C20H30N2O. The molecule has 4 saturated carbocycles. The van der Waals surface area contributed by atoms with E-state index in [0.29, 0.717) is 11.3 Å². The van der Waals surface area contributed by atoms with Crippen molar-refractivity contribution < 1.29 is 4.79 Å². The Labute approximate surface area is 139 Å². The van der Waals surface area contributed by atoms with E-state index in [1.54, 1.807) is 0 Å². The summed E-state index contributed by atoms with van der Waals surface area (Å²) in [5.74, 6) is 3.31. The molecule has 0 aromatic rings. The second-order valence-corrected chi connectivity index (χ2v) is 10.1. The Kier molecular flexibility index (Phi) is 2.92. The van der Waals surface area contributed by atoms with Crippen LogP contribution in [0.4, 0.5) is 0 Å². The summed E-state index contributed by atoms with van der Waals surface area (Å²) in [5.41, 5.74) is 2.91.